The number of nitrogens with one attached hydrogen (secondary N) is 1. The molecule has 1 aliphatic carbocycles. The molecule has 0 aromatic heterocycles. The first kappa shape index (κ1) is 15.0. The van der Waals surface area contributed by atoms with Gasteiger partial charge in [-0.3, -0.25) is 4.79 Å². The molecule has 104 valence electrons. The van der Waals surface area contributed by atoms with Crippen LogP contribution in [0.5, 0.6) is 0 Å². The monoisotopic (exact) mass is 387 g/mol. The van der Waals surface area contributed by atoms with Crippen molar-refractivity contribution in [2.75, 3.05) is 6.54 Å². The Kier molecular flexibility index (Phi) is 5.46. The van der Waals surface area contributed by atoms with Crippen molar-refractivity contribution in [1.29, 1.82) is 0 Å². The topological polar surface area (TPSA) is 29.1 Å². The van der Waals surface area contributed by atoms with Crippen molar-refractivity contribution in [3.05, 3.63) is 33.8 Å². The Morgan fingerprint density at radius 1 is 1.32 bits per heavy atom. The molecule has 1 aliphatic rings. The van der Waals surface area contributed by atoms with E-state index in [1.165, 1.54) is 25.7 Å². The van der Waals surface area contributed by atoms with Gasteiger partial charge in [0.2, 0.25) is 0 Å². The predicted molar refractivity (Wildman–Crippen MR) is 85.9 cm³/mol. The van der Waals surface area contributed by atoms with E-state index in [-0.39, 0.29) is 5.91 Å². The van der Waals surface area contributed by atoms with Crippen molar-refractivity contribution >= 4 is 37.8 Å². The highest BCUT2D eigenvalue weighted by Crippen LogP contribution is 2.28. The molecule has 1 fully saturated rings. The minimum atomic E-state index is 0.0414. The molecular weight excluding hydrogens is 370 g/mol. The van der Waals surface area contributed by atoms with Gasteiger partial charge in [0.05, 0.1) is 0 Å². The summed E-state index contributed by atoms with van der Waals surface area (Å²) in [7, 11) is 0. The second-order valence-electron chi connectivity index (χ2n) is 5.29. The van der Waals surface area contributed by atoms with Gasteiger partial charge in [-0.05, 0) is 56.2 Å². The Morgan fingerprint density at radius 3 is 2.68 bits per heavy atom. The summed E-state index contributed by atoms with van der Waals surface area (Å²) in [6, 6.07) is 5.82. The smallest absolute Gasteiger partial charge is 0.251 e. The maximum atomic E-state index is 12.2. The van der Waals surface area contributed by atoms with Crippen LogP contribution in [0.3, 0.4) is 0 Å². The third kappa shape index (κ3) is 4.32. The van der Waals surface area contributed by atoms with Gasteiger partial charge in [-0.15, -0.1) is 0 Å². The van der Waals surface area contributed by atoms with Crippen LogP contribution in [0.25, 0.3) is 0 Å². The molecule has 0 bridgehead atoms. The molecule has 0 atom stereocenters. The van der Waals surface area contributed by atoms with Crippen molar-refractivity contribution in [2.45, 2.75) is 37.4 Å². The number of alkyl halides is 1. The number of carbonyl (C=O) groups is 1. The SMILES string of the molecule is Cc1ccc(Br)cc1C(=O)NCC1CCC(Br)CC1. The number of aryl methyl sites for hydroxylation is 1. The fraction of sp³-hybridized carbons (Fsp3) is 0.533. The average Bonchev–Trinajstić information content (AvgIpc) is 2.40. The van der Waals surface area contributed by atoms with E-state index in [1.807, 2.05) is 25.1 Å². The van der Waals surface area contributed by atoms with E-state index < -0.39 is 0 Å². The molecule has 0 radical (unpaired) electrons. The Balaban J connectivity index is 1.89. The molecule has 19 heavy (non-hydrogen) atoms. The number of halogens is 2. The summed E-state index contributed by atoms with van der Waals surface area (Å²) in [6.07, 6.45) is 4.84. The molecule has 0 heterocycles. The van der Waals surface area contributed by atoms with Gasteiger partial charge in [-0.2, -0.15) is 0 Å². The molecule has 0 unspecified atom stereocenters. The first-order valence-corrected chi connectivity index (χ1v) is 8.45. The third-order valence-electron chi connectivity index (χ3n) is 3.77. The van der Waals surface area contributed by atoms with E-state index in [2.05, 4.69) is 37.2 Å². The maximum absolute atomic E-state index is 12.2. The number of carbonyl (C=O) groups excluding carboxylic acids is 1. The summed E-state index contributed by atoms with van der Waals surface area (Å²) < 4.78 is 0.947. The van der Waals surface area contributed by atoms with Crippen LogP contribution in [0.15, 0.2) is 22.7 Å². The first-order chi connectivity index (χ1) is 9.06. The number of rotatable bonds is 3. The number of hydrogen-bond acceptors (Lipinski definition) is 1. The molecule has 1 N–H and O–H groups in total. The van der Waals surface area contributed by atoms with Crippen LogP contribution in [0.2, 0.25) is 0 Å². The molecule has 1 aromatic carbocycles. The van der Waals surface area contributed by atoms with E-state index in [0.717, 1.165) is 22.1 Å². The summed E-state index contributed by atoms with van der Waals surface area (Å²) >= 11 is 7.07. The first-order valence-electron chi connectivity index (χ1n) is 6.74. The molecule has 4 heteroatoms. The largest absolute Gasteiger partial charge is 0.352 e. The molecule has 0 saturated heterocycles. The molecular formula is C15H19Br2NO. The quantitative estimate of drug-likeness (QED) is 0.762. The van der Waals surface area contributed by atoms with Crippen molar-refractivity contribution in [2.24, 2.45) is 5.92 Å². The standard InChI is InChI=1S/C15H19Br2NO/c1-10-2-5-13(17)8-14(10)15(19)18-9-11-3-6-12(16)7-4-11/h2,5,8,11-12H,3-4,6-7,9H2,1H3,(H,18,19). The number of hydrogen-bond donors (Lipinski definition) is 1. The molecule has 1 amide bonds. The highest BCUT2D eigenvalue weighted by molar-refractivity contribution is 9.10. The molecule has 1 saturated carbocycles. The summed E-state index contributed by atoms with van der Waals surface area (Å²) in [5.41, 5.74) is 1.79. The second kappa shape index (κ2) is 6.89. The fourth-order valence-corrected chi connectivity index (χ4v) is 3.39. The predicted octanol–water partition coefficient (Wildman–Crippen LogP) is 4.44. The van der Waals surface area contributed by atoms with Crippen molar-refractivity contribution in [1.82, 2.24) is 5.32 Å². The van der Waals surface area contributed by atoms with Gasteiger partial charge in [0.25, 0.3) is 5.91 Å². The Morgan fingerprint density at radius 2 is 2.00 bits per heavy atom. The van der Waals surface area contributed by atoms with Crippen molar-refractivity contribution in [3.63, 3.8) is 0 Å². The molecule has 0 spiro atoms. The van der Waals surface area contributed by atoms with E-state index in [1.54, 1.807) is 0 Å². The van der Waals surface area contributed by atoms with E-state index in [4.69, 9.17) is 0 Å². The van der Waals surface area contributed by atoms with Gasteiger partial charge in [0, 0.05) is 21.4 Å². The van der Waals surface area contributed by atoms with Crippen LogP contribution < -0.4 is 5.32 Å². The van der Waals surface area contributed by atoms with Crippen LogP contribution in [-0.2, 0) is 0 Å². The minimum Gasteiger partial charge on any atom is -0.352 e. The van der Waals surface area contributed by atoms with Gasteiger partial charge >= 0.3 is 0 Å². The zero-order valence-corrected chi connectivity index (χ0v) is 14.3. The van der Waals surface area contributed by atoms with Crippen LogP contribution in [-0.4, -0.2) is 17.3 Å². The lowest BCUT2D eigenvalue weighted by molar-refractivity contribution is 0.0943. The second-order valence-corrected chi connectivity index (χ2v) is 7.50. The third-order valence-corrected chi connectivity index (χ3v) is 5.18. The van der Waals surface area contributed by atoms with E-state index >= 15 is 0 Å². The maximum Gasteiger partial charge on any atom is 0.251 e. The van der Waals surface area contributed by atoms with Crippen molar-refractivity contribution < 1.29 is 4.79 Å². The average molecular weight is 389 g/mol. The van der Waals surface area contributed by atoms with E-state index in [9.17, 15) is 4.79 Å². The number of amides is 1. The number of benzene rings is 1. The van der Waals surface area contributed by atoms with Crippen LogP contribution in [0, 0.1) is 12.8 Å². The van der Waals surface area contributed by atoms with Gasteiger partial charge in [-0.25, -0.2) is 0 Å². The lowest BCUT2D eigenvalue weighted by Gasteiger charge is -2.25. The highest BCUT2D eigenvalue weighted by Gasteiger charge is 2.20. The molecule has 0 aliphatic heterocycles. The van der Waals surface area contributed by atoms with Crippen LogP contribution in [0.1, 0.15) is 41.6 Å². The fourth-order valence-electron chi connectivity index (χ4n) is 2.50. The molecule has 2 rings (SSSR count). The highest BCUT2D eigenvalue weighted by atomic mass is 79.9. The Bertz CT molecular complexity index is 453. The lowest BCUT2D eigenvalue weighted by atomic mass is 9.89. The summed E-state index contributed by atoms with van der Waals surface area (Å²) in [4.78, 5) is 12.9. The Hall–Kier alpha value is -0.350. The lowest BCUT2D eigenvalue weighted by Crippen LogP contribution is -2.31. The van der Waals surface area contributed by atoms with Crippen LogP contribution >= 0.6 is 31.9 Å². The zero-order valence-electron chi connectivity index (χ0n) is 11.1. The summed E-state index contributed by atoms with van der Waals surface area (Å²) in [6.45, 7) is 2.77. The molecule has 2 nitrogen and oxygen atoms in total. The zero-order chi connectivity index (χ0) is 13.8. The minimum absolute atomic E-state index is 0.0414. The van der Waals surface area contributed by atoms with Gasteiger partial charge in [0.15, 0.2) is 0 Å². The van der Waals surface area contributed by atoms with Gasteiger partial charge < -0.3 is 5.32 Å². The van der Waals surface area contributed by atoms with Crippen molar-refractivity contribution in [3.8, 4) is 0 Å². The molecule has 1 aromatic rings. The van der Waals surface area contributed by atoms with E-state index in [0.29, 0.717) is 10.7 Å². The van der Waals surface area contributed by atoms with Gasteiger partial charge in [-0.1, -0.05) is 37.9 Å². The Labute approximate surface area is 131 Å². The van der Waals surface area contributed by atoms with Gasteiger partial charge in [0.1, 0.15) is 0 Å². The summed E-state index contributed by atoms with van der Waals surface area (Å²) in [5.74, 6) is 0.671. The normalized spacial score (nSPS) is 23.1. The summed E-state index contributed by atoms with van der Waals surface area (Å²) in [5, 5.41) is 3.08. The van der Waals surface area contributed by atoms with Crippen LogP contribution in [0.4, 0.5) is 0 Å².